The van der Waals surface area contributed by atoms with E-state index in [9.17, 15) is 14.3 Å². The van der Waals surface area contributed by atoms with Crippen molar-refractivity contribution in [2.45, 2.75) is 25.4 Å². The van der Waals surface area contributed by atoms with Gasteiger partial charge in [0.25, 0.3) is 5.91 Å². The fourth-order valence-corrected chi connectivity index (χ4v) is 2.71. The normalized spacial score (nSPS) is 16.3. The van der Waals surface area contributed by atoms with Gasteiger partial charge in [0.2, 0.25) is 0 Å². The van der Waals surface area contributed by atoms with Crippen molar-refractivity contribution in [2.75, 3.05) is 45.2 Å². The van der Waals surface area contributed by atoms with E-state index < -0.39 is 5.82 Å². The number of piperidine rings is 1. The van der Waals surface area contributed by atoms with Gasteiger partial charge in [-0.25, -0.2) is 4.39 Å². The molecule has 0 atom stereocenters. The van der Waals surface area contributed by atoms with E-state index in [4.69, 9.17) is 0 Å². The lowest BCUT2D eigenvalue weighted by Gasteiger charge is -2.29. The zero-order valence-corrected chi connectivity index (χ0v) is 13.9. The predicted octanol–water partition coefficient (Wildman–Crippen LogP) is 1.47. The molecular weight excluding hydrogens is 297 g/mol. The van der Waals surface area contributed by atoms with Crippen LogP contribution in [0.25, 0.3) is 0 Å². The highest BCUT2D eigenvalue weighted by Crippen LogP contribution is 2.16. The highest BCUT2D eigenvalue weighted by molar-refractivity contribution is 5.94. The van der Waals surface area contributed by atoms with Gasteiger partial charge >= 0.3 is 0 Å². The number of likely N-dealkylation sites (tertiary alicyclic amines) is 1. The number of hydrogen-bond donors (Lipinski definition) is 2. The smallest absolute Gasteiger partial charge is 0.254 e. The quantitative estimate of drug-likeness (QED) is 0.779. The van der Waals surface area contributed by atoms with Gasteiger partial charge in [-0.05, 0) is 44.0 Å². The fourth-order valence-electron chi connectivity index (χ4n) is 2.71. The van der Waals surface area contributed by atoms with E-state index in [1.54, 1.807) is 11.0 Å². The second-order valence-corrected chi connectivity index (χ2v) is 6.24. The predicted molar refractivity (Wildman–Crippen MR) is 89.4 cm³/mol. The number of aliphatic hydroxyl groups excluding tert-OH is 1. The lowest BCUT2D eigenvalue weighted by atomic mass is 10.1. The molecule has 1 fully saturated rings. The van der Waals surface area contributed by atoms with Crippen LogP contribution in [0.3, 0.4) is 0 Å². The maximum absolute atomic E-state index is 14.0. The minimum Gasteiger partial charge on any atom is -0.393 e. The Morgan fingerprint density at radius 2 is 2.09 bits per heavy atom. The number of aliphatic hydroxyl groups is 1. The second-order valence-electron chi connectivity index (χ2n) is 6.24. The number of benzene rings is 1. The van der Waals surface area contributed by atoms with Gasteiger partial charge in [-0.3, -0.25) is 4.79 Å². The Morgan fingerprint density at radius 1 is 1.39 bits per heavy atom. The van der Waals surface area contributed by atoms with Crippen LogP contribution in [-0.4, -0.2) is 62.3 Å². The Kier molecular flexibility index (Phi) is 6.36. The molecule has 0 aliphatic carbocycles. The van der Waals surface area contributed by atoms with Crippen molar-refractivity contribution < 1.29 is 14.3 Å². The number of anilines is 1. The van der Waals surface area contributed by atoms with Crippen LogP contribution in [0.1, 0.15) is 29.6 Å². The summed E-state index contributed by atoms with van der Waals surface area (Å²) in [6.07, 6.45) is 2.28. The monoisotopic (exact) mass is 323 g/mol. The zero-order valence-electron chi connectivity index (χ0n) is 13.9. The molecular formula is C17H26FN3O2. The number of nitrogens with zero attached hydrogens (tertiary/aromatic N) is 2. The van der Waals surface area contributed by atoms with Crippen molar-refractivity contribution in [1.29, 1.82) is 0 Å². The number of amides is 1. The van der Waals surface area contributed by atoms with Gasteiger partial charge in [0.05, 0.1) is 11.7 Å². The van der Waals surface area contributed by atoms with Crippen molar-refractivity contribution in [3.8, 4) is 0 Å². The number of rotatable bonds is 6. The van der Waals surface area contributed by atoms with E-state index in [1.807, 2.05) is 14.1 Å². The minimum atomic E-state index is -0.501. The molecule has 6 heteroatoms. The summed E-state index contributed by atoms with van der Waals surface area (Å²) in [5.41, 5.74) is 0.808. The average Bonchev–Trinajstić information content (AvgIpc) is 2.52. The topological polar surface area (TPSA) is 55.8 Å². The van der Waals surface area contributed by atoms with Crippen LogP contribution in [0.4, 0.5) is 10.1 Å². The summed E-state index contributed by atoms with van der Waals surface area (Å²) in [6, 6.07) is 4.62. The first-order valence-electron chi connectivity index (χ1n) is 8.13. The standard InChI is InChI=1S/C17H26FN3O2/c1-20(2)13-4-5-15(16(18)12-13)17(23)19-8-3-9-21-10-6-14(22)7-11-21/h4-5,12,14,22H,3,6-11H2,1-2H3,(H,19,23). The number of carbonyl (C=O) groups is 1. The third-order valence-electron chi connectivity index (χ3n) is 4.21. The Morgan fingerprint density at radius 3 is 2.70 bits per heavy atom. The van der Waals surface area contributed by atoms with Gasteiger partial charge in [-0.2, -0.15) is 0 Å². The molecule has 0 aromatic heterocycles. The van der Waals surface area contributed by atoms with Crippen molar-refractivity contribution in [3.63, 3.8) is 0 Å². The first-order chi connectivity index (χ1) is 11.0. The van der Waals surface area contributed by atoms with E-state index in [0.29, 0.717) is 6.54 Å². The average molecular weight is 323 g/mol. The SMILES string of the molecule is CN(C)c1ccc(C(=O)NCCCN2CCC(O)CC2)c(F)c1. The molecule has 1 aromatic rings. The van der Waals surface area contributed by atoms with Crippen LogP contribution in [-0.2, 0) is 0 Å². The molecule has 0 unspecified atom stereocenters. The molecule has 1 saturated heterocycles. The van der Waals surface area contributed by atoms with Gasteiger partial charge in [0.15, 0.2) is 0 Å². The summed E-state index contributed by atoms with van der Waals surface area (Å²) in [5.74, 6) is -0.874. The van der Waals surface area contributed by atoms with Crippen LogP contribution >= 0.6 is 0 Å². The van der Waals surface area contributed by atoms with Crippen LogP contribution in [0.5, 0.6) is 0 Å². The van der Waals surface area contributed by atoms with E-state index in [-0.39, 0.29) is 17.6 Å². The van der Waals surface area contributed by atoms with Gasteiger partial charge in [-0.1, -0.05) is 0 Å². The van der Waals surface area contributed by atoms with Gasteiger partial charge in [0, 0.05) is 39.4 Å². The van der Waals surface area contributed by atoms with Gasteiger partial charge < -0.3 is 20.2 Å². The lowest BCUT2D eigenvalue weighted by Crippen LogP contribution is -2.37. The fraction of sp³-hybridized carbons (Fsp3) is 0.588. The molecule has 1 aromatic carbocycles. The van der Waals surface area contributed by atoms with Gasteiger partial charge in [0.1, 0.15) is 5.82 Å². The lowest BCUT2D eigenvalue weighted by molar-refractivity contribution is 0.0816. The maximum atomic E-state index is 14.0. The molecule has 1 aliphatic heterocycles. The van der Waals surface area contributed by atoms with E-state index in [1.165, 1.54) is 12.1 Å². The number of hydrogen-bond acceptors (Lipinski definition) is 4. The molecule has 2 rings (SSSR count). The van der Waals surface area contributed by atoms with E-state index >= 15 is 0 Å². The molecule has 23 heavy (non-hydrogen) atoms. The first-order valence-corrected chi connectivity index (χ1v) is 8.13. The summed E-state index contributed by atoms with van der Waals surface area (Å²) < 4.78 is 14.0. The molecule has 5 nitrogen and oxygen atoms in total. The Balaban J connectivity index is 1.74. The van der Waals surface area contributed by atoms with Crippen LogP contribution in [0.2, 0.25) is 0 Å². The molecule has 1 heterocycles. The number of carbonyl (C=O) groups excluding carboxylic acids is 1. The first kappa shape index (κ1) is 17.7. The molecule has 0 spiro atoms. The summed E-state index contributed by atoms with van der Waals surface area (Å²) in [6.45, 7) is 3.20. The molecule has 1 amide bonds. The highest BCUT2D eigenvalue weighted by Gasteiger charge is 2.16. The molecule has 1 aliphatic rings. The van der Waals surface area contributed by atoms with E-state index in [0.717, 1.165) is 44.6 Å². The minimum absolute atomic E-state index is 0.0803. The Hall–Kier alpha value is -1.66. The van der Waals surface area contributed by atoms with Crippen molar-refractivity contribution in [2.24, 2.45) is 0 Å². The maximum Gasteiger partial charge on any atom is 0.254 e. The summed E-state index contributed by atoms with van der Waals surface area (Å²) in [7, 11) is 3.65. The molecule has 128 valence electrons. The van der Waals surface area contributed by atoms with E-state index in [2.05, 4.69) is 10.2 Å². The van der Waals surface area contributed by atoms with Crippen LogP contribution in [0.15, 0.2) is 18.2 Å². The van der Waals surface area contributed by atoms with Crippen LogP contribution in [0, 0.1) is 5.82 Å². The van der Waals surface area contributed by atoms with Crippen molar-refractivity contribution in [1.82, 2.24) is 10.2 Å². The summed E-state index contributed by atoms with van der Waals surface area (Å²) in [5, 5.41) is 12.2. The summed E-state index contributed by atoms with van der Waals surface area (Å²) >= 11 is 0. The Labute approximate surface area is 137 Å². The van der Waals surface area contributed by atoms with Crippen LogP contribution < -0.4 is 10.2 Å². The highest BCUT2D eigenvalue weighted by atomic mass is 19.1. The number of nitrogens with one attached hydrogen (secondary N) is 1. The van der Waals surface area contributed by atoms with Crippen molar-refractivity contribution in [3.05, 3.63) is 29.6 Å². The largest absolute Gasteiger partial charge is 0.393 e. The van der Waals surface area contributed by atoms with Gasteiger partial charge in [-0.15, -0.1) is 0 Å². The van der Waals surface area contributed by atoms with Crippen molar-refractivity contribution >= 4 is 11.6 Å². The second kappa shape index (κ2) is 8.26. The molecule has 2 N–H and O–H groups in total. The molecule has 0 bridgehead atoms. The third kappa shape index (κ3) is 5.18. The molecule has 0 saturated carbocycles. The third-order valence-corrected chi connectivity index (χ3v) is 4.21. The molecule has 0 radical (unpaired) electrons. The zero-order chi connectivity index (χ0) is 16.8. The Bertz CT molecular complexity index is 529. The summed E-state index contributed by atoms with van der Waals surface area (Å²) in [4.78, 5) is 16.1. The number of halogens is 1.